The summed E-state index contributed by atoms with van der Waals surface area (Å²) in [6, 6.07) is 8.40. The van der Waals surface area contributed by atoms with Crippen molar-refractivity contribution in [2.75, 3.05) is 11.1 Å². The molecule has 0 spiro atoms. The molecule has 1 aromatic heterocycles. The maximum Gasteiger partial charge on any atom is 0.275 e. The van der Waals surface area contributed by atoms with Crippen molar-refractivity contribution in [1.29, 1.82) is 0 Å². The Balaban J connectivity index is 2.30. The maximum atomic E-state index is 12.1. The van der Waals surface area contributed by atoms with Gasteiger partial charge in [0.05, 0.1) is 9.92 Å². The van der Waals surface area contributed by atoms with Crippen molar-refractivity contribution < 1.29 is 13.2 Å². The van der Waals surface area contributed by atoms with Crippen LogP contribution in [0.15, 0.2) is 41.3 Å². The van der Waals surface area contributed by atoms with Gasteiger partial charge in [-0.3, -0.25) is 4.79 Å². The average molecular weight is 327 g/mol. The zero-order chi connectivity index (χ0) is 15.6. The third kappa shape index (κ3) is 3.69. The number of aromatic nitrogens is 1. The van der Waals surface area contributed by atoms with Crippen LogP contribution in [0, 0.1) is 0 Å². The Kier molecular flexibility index (Phi) is 4.12. The molecule has 0 radical (unpaired) electrons. The third-order valence-electron chi connectivity index (χ3n) is 2.50. The van der Waals surface area contributed by atoms with E-state index in [0.29, 0.717) is 0 Å². The van der Waals surface area contributed by atoms with Crippen molar-refractivity contribution in [3.63, 3.8) is 0 Å². The van der Waals surface area contributed by atoms with Gasteiger partial charge in [-0.1, -0.05) is 17.7 Å². The number of carbonyl (C=O) groups excluding carboxylic acids is 1. The molecule has 0 atom stereocenters. The molecule has 0 aliphatic carbocycles. The number of nitrogens with one attached hydrogen (secondary N) is 1. The first-order valence-corrected chi connectivity index (χ1v) is 7.56. The van der Waals surface area contributed by atoms with E-state index in [1.165, 1.54) is 36.4 Å². The number of halogens is 1. The van der Waals surface area contributed by atoms with Crippen molar-refractivity contribution in [3.8, 4) is 0 Å². The summed E-state index contributed by atoms with van der Waals surface area (Å²) in [5, 5.41) is 7.63. The highest BCUT2D eigenvalue weighted by Crippen LogP contribution is 2.19. The van der Waals surface area contributed by atoms with Crippen LogP contribution in [-0.2, 0) is 10.0 Å². The van der Waals surface area contributed by atoms with Gasteiger partial charge in [-0.05, 0) is 30.3 Å². The molecule has 1 aromatic carbocycles. The van der Waals surface area contributed by atoms with Gasteiger partial charge in [0, 0.05) is 5.69 Å². The number of benzene rings is 1. The lowest BCUT2D eigenvalue weighted by Gasteiger charge is -2.07. The van der Waals surface area contributed by atoms with E-state index in [2.05, 4.69) is 10.3 Å². The second-order valence-corrected chi connectivity index (χ2v) is 6.06. The maximum absolute atomic E-state index is 12.1. The van der Waals surface area contributed by atoms with Crippen LogP contribution in [0.3, 0.4) is 0 Å². The second kappa shape index (κ2) is 5.68. The number of carbonyl (C=O) groups is 1. The van der Waals surface area contributed by atoms with E-state index in [4.69, 9.17) is 22.5 Å². The van der Waals surface area contributed by atoms with Gasteiger partial charge in [0.15, 0.2) is 0 Å². The standard InChI is InChI=1S/C12H11ClN4O3S/c13-9-4-5-10(14)17-11(9)12(18)16-7-2-1-3-8(6-7)21(15,19)20/h1-6H,(H2,14,17)(H,16,18)(H2,15,19,20). The number of sulfonamides is 1. The van der Waals surface area contributed by atoms with Crippen LogP contribution in [0.4, 0.5) is 11.5 Å². The first kappa shape index (κ1) is 15.2. The number of primary sulfonamides is 1. The van der Waals surface area contributed by atoms with Gasteiger partial charge < -0.3 is 11.1 Å². The Hall–Kier alpha value is -2.16. The van der Waals surface area contributed by atoms with E-state index in [9.17, 15) is 13.2 Å². The van der Waals surface area contributed by atoms with Crippen molar-refractivity contribution >= 4 is 39.0 Å². The summed E-state index contributed by atoms with van der Waals surface area (Å²) in [6.45, 7) is 0. The van der Waals surface area contributed by atoms with E-state index >= 15 is 0 Å². The Labute approximate surface area is 126 Å². The fraction of sp³-hybridized carbons (Fsp3) is 0. The van der Waals surface area contributed by atoms with Crippen molar-refractivity contribution in [1.82, 2.24) is 4.98 Å². The predicted octanol–water partition coefficient (Wildman–Crippen LogP) is 1.22. The first-order chi connectivity index (χ1) is 9.77. The summed E-state index contributed by atoms with van der Waals surface area (Å²) >= 11 is 5.87. The van der Waals surface area contributed by atoms with E-state index in [1.807, 2.05) is 0 Å². The van der Waals surface area contributed by atoms with Gasteiger partial charge in [0.25, 0.3) is 5.91 Å². The van der Waals surface area contributed by atoms with Crippen LogP contribution < -0.4 is 16.2 Å². The molecule has 0 aliphatic heterocycles. The molecule has 5 N–H and O–H groups in total. The molecule has 0 aliphatic rings. The lowest BCUT2D eigenvalue weighted by Crippen LogP contribution is -2.16. The van der Waals surface area contributed by atoms with Gasteiger partial charge in [-0.2, -0.15) is 0 Å². The van der Waals surface area contributed by atoms with Crippen molar-refractivity contribution in [2.45, 2.75) is 4.90 Å². The number of nitrogens with zero attached hydrogens (tertiary/aromatic N) is 1. The topological polar surface area (TPSA) is 128 Å². The molecule has 0 fully saturated rings. The molecular weight excluding hydrogens is 316 g/mol. The molecule has 0 unspecified atom stereocenters. The van der Waals surface area contributed by atoms with E-state index < -0.39 is 15.9 Å². The largest absolute Gasteiger partial charge is 0.384 e. The number of amides is 1. The molecule has 0 saturated carbocycles. The predicted molar refractivity (Wildman–Crippen MR) is 79.4 cm³/mol. The number of hydrogen-bond acceptors (Lipinski definition) is 5. The quantitative estimate of drug-likeness (QED) is 0.781. The van der Waals surface area contributed by atoms with Crippen molar-refractivity contribution in [2.24, 2.45) is 5.14 Å². The fourth-order valence-corrected chi connectivity index (χ4v) is 2.31. The smallest absolute Gasteiger partial charge is 0.275 e. The van der Waals surface area contributed by atoms with Crippen LogP contribution >= 0.6 is 11.6 Å². The first-order valence-electron chi connectivity index (χ1n) is 5.63. The molecule has 0 saturated heterocycles. The summed E-state index contributed by atoms with van der Waals surface area (Å²) in [5.74, 6) is -0.471. The second-order valence-electron chi connectivity index (χ2n) is 4.09. The lowest BCUT2D eigenvalue weighted by atomic mass is 10.3. The Morgan fingerprint density at radius 3 is 2.62 bits per heavy atom. The molecule has 21 heavy (non-hydrogen) atoms. The van der Waals surface area contributed by atoms with Crippen LogP contribution in [0.5, 0.6) is 0 Å². The molecular formula is C12H11ClN4O3S. The minimum Gasteiger partial charge on any atom is -0.384 e. The Bertz CT molecular complexity index is 808. The monoisotopic (exact) mass is 326 g/mol. The number of nitrogens with two attached hydrogens (primary N) is 2. The molecule has 2 rings (SSSR count). The number of hydrogen-bond donors (Lipinski definition) is 3. The molecule has 0 bridgehead atoms. The minimum atomic E-state index is -3.85. The van der Waals surface area contributed by atoms with Crippen LogP contribution in [0.1, 0.15) is 10.5 Å². The van der Waals surface area contributed by atoms with Gasteiger partial charge >= 0.3 is 0 Å². The molecule has 110 valence electrons. The molecule has 9 heteroatoms. The summed E-state index contributed by atoms with van der Waals surface area (Å²) in [4.78, 5) is 15.8. The highest BCUT2D eigenvalue weighted by molar-refractivity contribution is 7.89. The summed E-state index contributed by atoms with van der Waals surface area (Å²) < 4.78 is 22.5. The molecule has 1 amide bonds. The molecule has 1 heterocycles. The Morgan fingerprint density at radius 1 is 1.24 bits per heavy atom. The number of anilines is 2. The number of rotatable bonds is 3. The number of pyridine rings is 1. The summed E-state index contributed by atoms with van der Waals surface area (Å²) in [7, 11) is -3.85. The van der Waals surface area contributed by atoms with Crippen LogP contribution in [-0.4, -0.2) is 19.3 Å². The number of nitrogen functional groups attached to an aromatic ring is 1. The Morgan fingerprint density at radius 2 is 1.95 bits per heavy atom. The SMILES string of the molecule is Nc1ccc(Cl)c(C(=O)Nc2cccc(S(N)(=O)=O)c2)n1. The molecule has 7 nitrogen and oxygen atoms in total. The van der Waals surface area contributed by atoms with Gasteiger partial charge in [0.1, 0.15) is 11.5 Å². The van der Waals surface area contributed by atoms with E-state index in [-0.39, 0.29) is 27.1 Å². The zero-order valence-corrected chi connectivity index (χ0v) is 12.1. The van der Waals surface area contributed by atoms with Gasteiger partial charge in [-0.15, -0.1) is 0 Å². The molecule has 2 aromatic rings. The fourth-order valence-electron chi connectivity index (χ4n) is 1.56. The average Bonchev–Trinajstić information content (AvgIpc) is 2.41. The van der Waals surface area contributed by atoms with E-state index in [0.717, 1.165) is 0 Å². The lowest BCUT2D eigenvalue weighted by molar-refractivity contribution is 0.102. The summed E-state index contributed by atoms with van der Waals surface area (Å²) in [5.41, 5.74) is 5.68. The normalized spacial score (nSPS) is 11.1. The highest BCUT2D eigenvalue weighted by Gasteiger charge is 2.14. The zero-order valence-electron chi connectivity index (χ0n) is 10.6. The minimum absolute atomic E-state index is 0.0577. The van der Waals surface area contributed by atoms with Gasteiger partial charge in [-0.25, -0.2) is 18.5 Å². The van der Waals surface area contributed by atoms with Gasteiger partial charge in [0.2, 0.25) is 10.0 Å². The third-order valence-corrected chi connectivity index (χ3v) is 3.72. The van der Waals surface area contributed by atoms with Crippen LogP contribution in [0.25, 0.3) is 0 Å². The van der Waals surface area contributed by atoms with Crippen LogP contribution in [0.2, 0.25) is 5.02 Å². The van der Waals surface area contributed by atoms with Crippen molar-refractivity contribution in [3.05, 3.63) is 47.1 Å². The highest BCUT2D eigenvalue weighted by atomic mass is 35.5. The van der Waals surface area contributed by atoms with E-state index in [1.54, 1.807) is 0 Å². The summed E-state index contributed by atoms with van der Waals surface area (Å²) in [6.07, 6.45) is 0.